The van der Waals surface area contributed by atoms with Gasteiger partial charge in [-0.25, -0.2) is 16.8 Å². The maximum absolute atomic E-state index is 13.1. The minimum Gasteiger partial charge on any atom is -0.497 e. The molecule has 31 heavy (non-hydrogen) atoms. The van der Waals surface area contributed by atoms with Crippen LogP contribution in [-0.4, -0.2) is 40.0 Å². The van der Waals surface area contributed by atoms with Crippen molar-refractivity contribution in [1.29, 1.82) is 0 Å². The number of ether oxygens (including phenoxy) is 1. The monoisotopic (exact) mass is 464 g/mol. The quantitative estimate of drug-likeness (QED) is 0.706. The van der Waals surface area contributed by atoms with E-state index in [0.29, 0.717) is 37.2 Å². The summed E-state index contributed by atoms with van der Waals surface area (Å²) < 4.78 is 61.0. The minimum atomic E-state index is -3.66. The summed E-state index contributed by atoms with van der Waals surface area (Å²) >= 11 is 0. The number of sulfonamides is 2. The summed E-state index contributed by atoms with van der Waals surface area (Å²) in [5.41, 5.74) is 2.36. The van der Waals surface area contributed by atoms with Crippen LogP contribution in [0.4, 0.5) is 5.69 Å². The van der Waals surface area contributed by atoms with Crippen LogP contribution in [0.3, 0.4) is 0 Å². The predicted octanol–water partition coefficient (Wildman–Crippen LogP) is 3.52. The van der Waals surface area contributed by atoms with Crippen molar-refractivity contribution in [3.05, 3.63) is 53.6 Å². The van der Waals surface area contributed by atoms with Crippen LogP contribution < -0.4 is 9.46 Å². The molecule has 0 spiro atoms. The van der Waals surface area contributed by atoms with Gasteiger partial charge in [-0.05, 0) is 66.8 Å². The first kappa shape index (κ1) is 22.1. The first-order valence-electron chi connectivity index (χ1n) is 10.6. The molecule has 4 rings (SSSR count). The van der Waals surface area contributed by atoms with E-state index >= 15 is 0 Å². The van der Waals surface area contributed by atoms with Gasteiger partial charge in [0.1, 0.15) is 5.75 Å². The minimum absolute atomic E-state index is 0.211. The molecule has 0 saturated heterocycles. The van der Waals surface area contributed by atoms with Gasteiger partial charge in [0, 0.05) is 18.8 Å². The number of hydrogen-bond acceptors (Lipinski definition) is 5. The van der Waals surface area contributed by atoms with Crippen LogP contribution in [0.1, 0.15) is 43.2 Å². The molecular weight excluding hydrogens is 436 g/mol. The summed E-state index contributed by atoms with van der Waals surface area (Å²) in [6.45, 7) is 0.594. The molecule has 2 aromatic carbocycles. The smallest absolute Gasteiger partial charge is 0.243 e. The van der Waals surface area contributed by atoms with Gasteiger partial charge in [-0.2, -0.15) is 4.31 Å². The van der Waals surface area contributed by atoms with Crippen LogP contribution in [0.2, 0.25) is 0 Å². The Morgan fingerprint density at radius 2 is 1.65 bits per heavy atom. The molecule has 168 valence electrons. The third kappa shape index (κ3) is 4.73. The van der Waals surface area contributed by atoms with E-state index in [1.165, 1.54) is 11.4 Å². The number of nitrogens with zero attached hydrogens (tertiary/aromatic N) is 1. The third-order valence-corrected chi connectivity index (χ3v) is 9.86. The lowest BCUT2D eigenvalue weighted by molar-refractivity contribution is 0.391. The van der Waals surface area contributed by atoms with Crippen LogP contribution in [0, 0.1) is 0 Å². The van der Waals surface area contributed by atoms with Gasteiger partial charge >= 0.3 is 0 Å². The van der Waals surface area contributed by atoms with E-state index in [2.05, 4.69) is 4.72 Å². The molecule has 1 fully saturated rings. The van der Waals surface area contributed by atoms with Crippen molar-refractivity contribution >= 4 is 25.7 Å². The molecule has 0 radical (unpaired) electrons. The Kier molecular flexibility index (Phi) is 6.27. The highest BCUT2D eigenvalue weighted by Gasteiger charge is 2.30. The van der Waals surface area contributed by atoms with E-state index in [0.717, 1.165) is 30.4 Å². The van der Waals surface area contributed by atoms with Gasteiger partial charge in [-0.15, -0.1) is 0 Å². The Hall–Kier alpha value is -2.10. The molecule has 2 aromatic rings. The zero-order valence-electron chi connectivity index (χ0n) is 17.6. The molecule has 0 amide bonds. The van der Waals surface area contributed by atoms with Crippen molar-refractivity contribution in [3.63, 3.8) is 0 Å². The standard InChI is InChI=1S/C22H28N2O5S2/c1-29-20-9-11-22(12-10-20)31(27,28)24-14-13-17-7-8-19(15-18(17)16-24)23-30(25,26)21-5-3-2-4-6-21/h7-12,15,21,23H,2-6,13-14,16H2,1H3. The van der Waals surface area contributed by atoms with Crippen molar-refractivity contribution in [1.82, 2.24) is 4.31 Å². The van der Waals surface area contributed by atoms with Crippen LogP contribution in [0.15, 0.2) is 47.4 Å². The number of hydrogen-bond donors (Lipinski definition) is 1. The molecule has 2 aliphatic rings. The number of anilines is 1. The van der Waals surface area contributed by atoms with Gasteiger partial charge in [-0.3, -0.25) is 4.72 Å². The van der Waals surface area contributed by atoms with Gasteiger partial charge < -0.3 is 4.74 Å². The fraction of sp³-hybridized carbons (Fsp3) is 0.455. The maximum atomic E-state index is 13.1. The van der Waals surface area contributed by atoms with Gasteiger partial charge in [-0.1, -0.05) is 25.3 Å². The average Bonchev–Trinajstić information content (AvgIpc) is 2.79. The van der Waals surface area contributed by atoms with E-state index in [9.17, 15) is 16.8 Å². The molecule has 1 heterocycles. The second-order valence-corrected chi connectivity index (χ2v) is 12.1. The van der Waals surface area contributed by atoms with Crippen molar-refractivity contribution in [2.75, 3.05) is 18.4 Å². The molecule has 7 nitrogen and oxygen atoms in total. The second kappa shape index (κ2) is 8.80. The zero-order chi connectivity index (χ0) is 22.1. The summed E-state index contributed by atoms with van der Waals surface area (Å²) in [4.78, 5) is 0.214. The lowest BCUT2D eigenvalue weighted by Crippen LogP contribution is -2.36. The topological polar surface area (TPSA) is 92.8 Å². The predicted molar refractivity (Wildman–Crippen MR) is 120 cm³/mol. The van der Waals surface area contributed by atoms with Crippen LogP contribution in [-0.2, 0) is 33.0 Å². The Morgan fingerprint density at radius 3 is 2.32 bits per heavy atom. The van der Waals surface area contributed by atoms with Crippen molar-refractivity contribution in [3.8, 4) is 5.75 Å². The lowest BCUT2D eigenvalue weighted by atomic mass is 10.0. The highest BCUT2D eigenvalue weighted by atomic mass is 32.2. The van der Waals surface area contributed by atoms with Gasteiger partial charge in [0.25, 0.3) is 0 Å². The van der Waals surface area contributed by atoms with Gasteiger partial charge in [0.05, 0.1) is 17.3 Å². The largest absolute Gasteiger partial charge is 0.497 e. The molecule has 1 N–H and O–H groups in total. The molecular formula is C22H28N2O5S2. The van der Waals surface area contributed by atoms with E-state index < -0.39 is 20.0 Å². The summed E-state index contributed by atoms with van der Waals surface area (Å²) in [7, 11) is -5.57. The summed E-state index contributed by atoms with van der Waals surface area (Å²) in [5, 5.41) is -0.357. The van der Waals surface area contributed by atoms with Gasteiger partial charge in [0.15, 0.2) is 0 Å². The molecule has 0 aromatic heterocycles. The van der Waals surface area contributed by atoms with E-state index in [4.69, 9.17) is 4.74 Å². The summed E-state index contributed by atoms with van der Waals surface area (Å²) in [6.07, 6.45) is 4.92. The van der Waals surface area contributed by atoms with Gasteiger partial charge in [0.2, 0.25) is 20.0 Å². The van der Waals surface area contributed by atoms with Crippen molar-refractivity contribution < 1.29 is 21.6 Å². The average molecular weight is 465 g/mol. The molecule has 1 saturated carbocycles. The number of nitrogens with one attached hydrogen (secondary N) is 1. The fourth-order valence-corrected chi connectivity index (χ4v) is 7.31. The number of methoxy groups -OCH3 is 1. The van der Waals surface area contributed by atoms with E-state index in [-0.39, 0.29) is 16.7 Å². The fourth-order valence-electron chi connectivity index (χ4n) is 4.32. The van der Waals surface area contributed by atoms with Crippen molar-refractivity contribution in [2.24, 2.45) is 0 Å². The van der Waals surface area contributed by atoms with E-state index in [1.807, 2.05) is 6.07 Å². The maximum Gasteiger partial charge on any atom is 0.243 e. The number of benzene rings is 2. The molecule has 1 aliphatic heterocycles. The lowest BCUT2D eigenvalue weighted by Gasteiger charge is -2.29. The van der Waals surface area contributed by atoms with Crippen LogP contribution in [0.25, 0.3) is 0 Å². The normalized spacial score (nSPS) is 18.4. The van der Waals surface area contributed by atoms with Crippen LogP contribution in [0.5, 0.6) is 5.75 Å². The van der Waals surface area contributed by atoms with Crippen molar-refractivity contribution in [2.45, 2.75) is 55.2 Å². The molecule has 9 heteroatoms. The molecule has 0 unspecified atom stereocenters. The Labute approximate surface area is 184 Å². The SMILES string of the molecule is COc1ccc(S(=O)(=O)N2CCc3ccc(NS(=O)(=O)C4CCCCC4)cc3C2)cc1. The molecule has 0 atom stereocenters. The summed E-state index contributed by atoms with van der Waals surface area (Å²) in [5.74, 6) is 0.595. The second-order valence-electron chi connectivity index (χ2n) is 8.15. The molecule has 0 bridgehead atoms. The van der Waals surface area contributed by atoms with Crippen LogP contribution >= 0.6 is 0 Å². The highest BCUT2D eigenvalue weighted by Crippen LogP contribution is 2.30. The first-order valence-corrected chi connectivity index (χ1v) is 13.6. The number of fused-ring (bicyclic) bond motifs is 1. The third-order valence-electron chi connectivity index (χ3n) is 6.13. The Morgan fingerprint density at radius 1 is 0.935 bits per heavy atom. The Bertz CT molecular complexity index is 1140. The number of rotatable bonds is 6. The first-order chi connectivity index (χ1) is 14.8. The zero-order valence-corrected chi connectivity index (χ0v) is 19.2. The van der Waals surface area contributed by atoms with E-state index in [1.54, 1.807) is 36.4 Å². The summed E-state index contributed by atoms with van der Waals surface area (Å²) in [6, 6.07) is 11.8. The molecule has 1 aliphatic carbocycles. The highest BCUT2D eigenvalue weighted by molar-refractivity contribution is 7.93. The Balaban J connectivity index is 1.53.